The summed E-state index contributed by atoms with van der Waals surface area (Å²) in [6, 6.07) is 14.9. The van der Waals surface area contributed by atoms with Crippen LogP contribution in [0.5, 0.6) is 0 Å². The fraction of sp³-hybridized carbons (Fsp3) is 0.167. The second-order valence-electron chi connectivity index (χ2n) is 7.89. The van der Waals surface area contributed by atoms with E-state index in [9.17, 15) is 9.59 Å². The molecule has 0 radical (unpaired) electrons. The quantitative estimate of drug-likeness (QED) is 0.391. The Morgan fingerprint density at radius 3 is 2.56 bits per heavy atom. The number of para-hydroxylation sites is 1. The van der Waals surface area contributed by atoms with Crippen LogP contribution in [-0.4, -0.2) is 40.3 Å². The van der Waals surface area contributed by atoms with Crippen molar-refractivity contribution in [3.63, 3.8) is 0 Å². The number of carbonyl (C=O) groups is 1. The lowest BCUT2D eigenvalue weighted by molar-refractivity contribution is -0.115. The SMILES string of the molecule is Cc1ccc(-n2c(=O)c3ccccc3n3c(SC(C)C(=O)Nc4ncccn4)nnc23)c(C)c1. The number of nitrogens with one attached hydrogen (secondary N) is 1. The van der Waals surface area contributed by atoms with E-state index < -0.39 is 5.25 Å². The van der Waals surface area contributed by atoms with E-state index >= 15 is 0 Å². The molecule has 3 heterocycles. The molecular formula is C24H21N7O2S. The molecule has 5 rings (SSSR count). The van der Waals surface area contributed by atoms with Gasteiger partial charge in [-0.25, -0.2) is 14.5 Å². The summed E-state index contributed by atoms with van der Waals surface area (Å²) in [6.45, 7) is 5.74. The van der Waals surface area contributed by atoms with Crippen molar-refractivity contribution in [2.45, 2.75) is 31.2 Å². The van der Waals surface area contributed by atoms with Crippen LogP contribution in [0.3, 0.4) is 0 Å². The lowest BCUT2D eigenvalue weighted by Gasteiger charge is -2.14. The van der Waals surface area contributed by atoms with E-state index in [2.05, 4.69) is 25.5 Å². The normalized spacial score (nSPS) is 12.2. The number of rotatable bonds is 5. The number of fused-ring (bicyclic) bond motifs is 3. The summed E-state index contributed by atoms with van der Waals surface area (Å²) >= 11 is 1.24. The van der Waals surface area contributed by atoms with Gasteiger partial charge in [0.15, 0.2) is 5.16 Å². The summed E-state index contributed by atoms with van der Waals surface area (Å²) in [7, 11) is 0. The highest BCUT2D eigenvalue weighted by Crippen LogP contribution is 2.27. The summed E-state index contributed by atoms with van der Waals surface area (Å²) in [5.41, 5.74) is 3.29. The third-order valence-electron chi connectivity index (χ3n) is 5.44. The van der Waals surface area contributed by atoms with Gasteiger partial charge in [-0.1, -0.05) is 41.6 Å². The second-order valence-corrected chi connectivity index (χ2v) is 9.20. The van der Waals surface area contributed by atoms with Crippen LogP contribution in [0.2, 0.25) is 0 Å². The number of anilines is 1. The zero-order valence-corrected chi connectivity index (χ0v) is 19.6. The maximum atomic E-state index is 13.5. The molecule has 0 saturated carbocycles. The molecule has 34 heavy (non-hydrogen) atoms. The van der Waals surface area contributed by atoms with Crippen LogP contribution in [0.4, 0.5) is 5.95 Å². The molecule has 1 amide bonds. The van der Waals surface area contributed by atoms with Gasteiger partial charge in [-0.2, -0.15) is 0 Å². The van der Waals surface area contributed by atoms with Gasteiger partial charge in [-0.3, -0.25) is 19.3 Å². The van der Waals surface area contributed by atoms with E-state index in [1.54, 1.807) is 36.0 Å². The molecule has 0 bridgehead atoms. The summed E-state index contributed by atoms with van der Waals surface area (Å²) in [5, 5.41) is 11.9. The van der Waals surface area contributed by atoms with Gasteiger partial charge in [0, 0.05) is 12.4 Å². The van der Waals surface area contributed by atoms with Crippen LogP contribution in [-0.2, 0) is 4.79 Å². The Morgan fingerprint density at radius 1 is 1.03 bits per heavy atom. The molecule has 170 valence electrons. The molecular weight excluding hydrogens is 450 g/mol. The van der Waals surface area contributed by atoms with Gasteiger partial charge in [0.05, 0.1) is 21.8 Å². The van der Waals surface area contributed by atoms with Crippen molar-refractivity contribution < 1.29 is 4.79 Å². The minimum atomic E-state index is -0.517. The highest BCUT2D eigenvalue weighted by atomic mass is 32.2. The van der Waals surface area contributed by atoms with E-state index in [1.165, 1.54) is 11.8 Å². The predicted molar refractivity (Wildman–Crippen MR) is 132 cm³/mol. The van der Waals surface area contributed by atoms with E-state index in [1.807, 2.05) is 54.6 Å². The number of hydrogen-bond donors (Lipinski definition) is 1. The van der Waals surface area contributed by atoms with Crippen LogP contribution in [0.25, 0.3) is 22.4 Å². The van der Waals surface area contributed by atoms with Gasteiger partial charge in [-0.15, -0.1) is 10.2 Å². The van der Waals surface area contributed by atoms with Crippen molar-refractivity contribution in [1.29, 1.82) is 0 Å². The lowest BCUT2D eigenvalue weighted by atomic mass is 10.1. The Kier molecular flexibility index (Phi) is 5.58. The molecule has 0 aliphatic rings. The van der Waals surface area contributed by atoms with Crippen LogP contribution in [0.15, 0.2) is 70.9 Å². The maximum Gasteiger partial charge on any atom is 0.267 e. The standard InChI is InChI=1S/C24H21N7O2S/c1-14-9-10-18(15(2)13-14)30-21(33)17-7-4-5-8-19(17)31-23(30)28-29-24(31)34-16(3)20(32)27-22-25-11-6-12-26-22/h4-13,16H,1-3H3,(H,25,26,27,32). The van der Waals surface area contributed by atoms with E-state index in [0.29, 0.717) is 21.8 Å². The number of thioether (sulfide) groups is 1. The van der Waals surface area contributed by atoms with Crippen molar-refractivity contribution in [1.82, 2.24) is 29.1 Å². The monoisotopic (exact) mass is 471 g/mol. The van der Waals surface area contributed by atoms with Gasteiger partial charge >= 0.3 is 0 Å². The van der Waals surface area contributed by atoms with Crippen LogP contribution < -0.4 is 10.9 Å². The highest BCUT2D eigenvalue weighted by molar-refractivity contribution is 8.00. The minimum Gasteiger partial charge on any atom is -0.294 e. The number of aromatic nitrogens is 6. The Morgan fingerprint density at radius 2 is 1.79 bits per heavy atom. The molecule has 3 aromatic heterocycles. The molecule has 9 nitrogen and oxygen atoms in total. The predicted octanol–water partition coefficient (Wildman–Crippen LogP) is 3.56. The van der Waals surface area contributed by atoms with Crippen molar-refractivity contribution >= 4 is 40.3 Å². The second kappa shape index (κ2) is 8.71. The van der Waals surface area contributed by atoms with Gasteiger partial charge < -0.3 is 0 Å². The molecule has 1 unspecified atom stereocenters. The zero-order valence-electron chi connectivity index (χ0n) is 18.8. The summed E-state index contributed by atoms with van der Waals surface area (Å²) in [5.74, 6) is 0.359. The minimum absolute atomic E-state index is 0.175. The third-order valence-corrected chi connectivity index (χ3v) is 6.48. The van der Waals surface area contributed by atoms with Crippen molar-refractivity contribution in [3.05, 3.63) is 82.4 Å². The zero-order chi connectivity index (χ0) is 23.8. The average molecular weight is 472 g/mol. The van der Waals surface area contributed by atoms with E-state index in [-0.39, 0.29) is 17.4 Å². The van der Waals surface area contributed by atoms with E-state index in [4.69, 9.17) is 0 Å². The number of aryl methyl sites for hydroxylation is 2. The highest BCUT2D eigenvalue weighted by Gasteiger charge is 2.23. The number of hydrogen-bond acceptors (Lipinski definition) is 7. The largest absolute Gasteiger partial charge is 0.294 e. The van der Waals surface area contributed by atoms with Crippen LogP contribution in [0, 0.1) is 13.8 Å². The number of benzene rings is 2. The Labute approximate surface area is 198 Å². The summed E-state index contributed by atoms with van der Waals surface area (Å²) < 4.78 is 3.40. The molecule has 2 aromatic carbocycles. The molecule has 5 aromatic rings. The topological polar surface area (TPSA) is 107 Å². The Bertz CT molecular complexity index is 1590. The summed E-state index contributed by atoms with van der Waals surface area (Å²) in [4.78, 5) is 34.3. The molecule has 0 fully saturated rings. The molecule has 1 atom stereocenters. The third kappa shape index (κ3) is 3.81. The lowest BCUT2D eigenvalue weighted by Crippen LogP contribution is -2.24. The fourth-order valence-corrected chi connectivity index (χ4v) is 4.67. The smallest absolute Gasteiger partial charge is 0.267 e. The van der Waals surface area contributed by atoms with Gasteiger partial charge in [0.25, 0.3) is 5.56 Å². The molecule has 10 heteroatoms. The first-order valence-corrected chi connectivity index (χ1v) is 11.5. The first-order chi connectivity index (χ1) is 16.4. The maximum absolute atomic E-state index is 13.5. The van der Waals surface area contributed by atoms with Crippen molar-refractivity contribution in [2.75, 3.05) is 5.32 Å². The Balaban J connectivity index is 1.63. The van der Waals surface area contributed by atoms with E-state index in [0.717, 1.165) is 16.8 Å². The average Bonchev–Trinajstić information content (AvgIpc) is 3.24. The first kappa shape index (κ1) is 21.8. The molecule has 0 spiro atoms. The van der Waals surface area contributed by atoms with Crippen LogP contribution >= 0.6 is 11.8 Å². The molecule has 0 aliphatic carbocycles. The molecule has 1 N–H and O–H groups in total. The number of amides is 1. The van der Waals surface area contributed by atoms with Gasteiger partial charge in [0.1, 0.15) is 0 Å². The van der Waals surface area contributed by atoms with Gasteiger partial charge in [-0.05, 0) is 50.6 Å². The van der Waals surface area contributed by atoms with Gasteiger partial charge in [0.2, 0.25) is 17.6 Å². The first-order valence-electron chi connectivity index (χ1n) is 10.6. The van der Waals surface area contributed by atoms with Crippen LogP contribution in [0.1, 0.15) is 18.1 Å². The molecule has 0 saturated heterocycles. The van der Waals surface area contributed by atoms with Crippen molar-refractivity contribution in [2.24, 2.45) is 0 Å². The molecule has 0 aliphatic heterocycles. The number of carbonyl (C=O) groups excluding carboxylic acids is 1. The summed E-state index contributed by atoms with van der Waals surface area (Å²) in [6.07, 6.45) is 3.12. The van der Waals surface area contributed by atoms with Crippen molar-refractivity contribution in [3.8, 4) is 5.69 Å². The Hall–Kier alpha value is -4.05. The fourth-order valence-electron chi connectivity index (χ4n) is 3.82. The number of nitrogens with zero attached hydrogens (tertiary/aromatic N) is 6.